The second-order valence-electron chi connectivity index (χ2n) is 7.09. The highest BCUT2D eigenvalue weighted by Crippen LogP contribution is 2.35. The van der Waals surface area contributed by atoms with Crippen LogP contribution in [0, 0.1) is 6.92 Å². The number of nitrogens with two attached hydrogens (primary N) is 1. The molecule has 2 N–H and O–H groups in total. The van der Waals surface area contributed by atoms with E-state index in [-0.39, 0.29) is 5.97 Å². The molecule has 0 spiro atoms. The summed E-state index contributed by atoms with van der Waals surface area (Å²) in [6, 6.07) is 11.4. The van der Waals surface area contributed by atoms with E-state index in [0.29, 0.717) is 35.9 Å². The number of hydrogen-bond donors (Lipinski definition) is 1. The zero-order valence-corrected chi connectivity index (χ0v) is 19.8. The number of nitrogens with zero attached hydrogens (tertiary/aromatic N) is 1. The van der Waals surface area contributed by atoms with Crippen LogP contribution in [-0.4, -0.2) is 31.4 Å². The molecule has 0 saturated carbocycles. The molecule has 7 heteroatoms. The average Bonchev–Trinajstić information content (AvgIpc) is 3.09. The Morgan fingerprint density at radius 3 is 2.48 bits per heavy atom. The number of rotatable bonds is 8. The Morgan fingerprint density at radius 1 is 1.13 bits per heavy atom. The number of esters is 1. The molecule has 0 saturated heterocycles. The lowest BCUT2D eigenvalue weighted by Gasteiger charge is -2.13. The molecule has 0 bridgehead atoms. The lowest BCUT2D eigenvalue weighted by Crippen LogP contribution is -2.05. The number of methoxy groups -OCH3 is 2. The van der Waals surface area contributed by atoms with Gasteiger partial charge in [-0.25, -0.2) is 4.79 Å². The Balaban J connectivity index is 1.97. The molecule has 0 radical (unpaired) electrons. The minimum Gasteiger partial charge on any atom is -0.493 e. The van der Waals surface area contributed by atoms with Crippen molar-refractivity contribution in [2.75, 3.05) is 26.6 Å². The van der Waals surface area contributed by atoms with E-state index >= 15 is 0 Å². The molecule has 2 aromatic carbocycles. The highest BCUT2D eigenvalue weighted by atomic mass is 79.9. The first kappa shape index (κ1) is 22.7. The van der Waals surface area contributed by atoms with Crippen LogP contribution in [0.25, 0.3) is 11.1 Å². The maximum absolute atomic E-state index is 12.7. The van der Waals surface area contributed by atoms with Crippen molar-refractivity contribution >= 4 is 27.6 Å². The summed E-state index contributed by atoms with van der Waals surface area (Å²) in [5.41, 5.74) is 11.0. The highest BCUT2D eigenvalue weighted by molar-refractivity contribution is 9.10. The van der Waals surface area contributed by atoms with E-state index in [0.717, 1.165) is 33.3 Å². The van der Waals surface area contributed by atoms with Crippen molar-refractivity contribution < 1.29 is 19.0 Å². The number of aromatic nitrogens is 1. The van der Waals surface area contributed by atoms with Gasteiger partial charge in [0.15, 0.2) is 11.5 Å². The van der Waals surface area contributed by atoms with Crippen LogP contribution >= 0.6 is 15.9 Å². The third-order valence-corrected chi connectivity index (χ3v) is 5.93. The molecule has 0 unspecified atom stereocenters. The standard InChI is InChI=1S/C24H27BrN2O4/c1-5-31-24(28)19-14-27(15(2)23(19)17-7-6-8-18(26)11-17)10-9-16-12-21(29-3)22(30-4)13-20(16)25/h6-8,11-14H,5,9-10,26H2,1-4H3. The third kappa shape index (κ3) is 4.88. The van der Waals surface area contributed by atoms with Crippen LogP contribution in [0.3, 0.4) is 0 Å². The minimum atomic E-state index is -0.339. The van der Waals surface area contributed by atoms with E-state index in [1.165, 1.54) is 0 Å². The van der Waals surface area contributed by atoms with Gasteiger partial charge in [-0.15, -0.1) is 0 Å². The first-order valence-corrected chi connectivity index (χ1v) is 10.8. The maximum atomic E-state index is 12.7. The minimum absolute atomic E-state index is 0.317. The van der Waals surface area contributed by atoms with Gasteiger partial charge in [-0.2, -0.15) is 0 Å². The zero-order chi connectivity index (χ0) is 22.5. The summed E-state index contributed by atoms with van der Waals surface area (Å²) in [6.07, 6.45) is 2.59. The van der Waals surface area contributed by atoms with Crippen LogP contribution in [0.4, 0.5) is 5.69 Å². The molecule has 0 fully saturated rings. The number of carbonyl (C=O) groups is 1. The normalized spacial score (nSPS) is 10.7. The van der Waals surface area contributed by atoms with Gasteiger partial charge in [-0.05, 0) is 55.7 Å². The fourth-order valence-electron chi connectivity index (χ4n) is 3.64. The summed E-state index contributed by atoms with van der Waals surface area (Å²) in [4.78, 5) is 12.7. The quantitative estimate of drug-likeness (QED) is 0.347. The Labute approximate surface area is 191 Å². The SMILES string of the molecule is CCOC(=O)c1cn(CCc2cc(OC)c(OC)cc2Br)c(C)c1-c1cccc(N)c1. The number of ether oxygens (including phenoxy) is 3. The third-order valence-electron chi connectivity index (χ3n) is 5.19. The van der Waals surface area contributed by atoms with Gasteiger partial charge in [-0.3, -0.25) is 0 Å². The van der Waals surface area contributed by atoms with Gasteiger partial charge in [0.1, 0.15) is 0 Å². The summed E-state index contributed by atoms with van der Waals surface area (Å²) in [6.45, 7) is 4.80. The Morgan fingerprint density at radius 2 is 1.84 bits per heavy atom. The van der Waals surface area contributed by atoms with Crippen LogP contribution < -0.4 is 15.2 Å². The first-order valence-electron chi connectivity index (χ1n) is 10.0. The first-order chi connectivity index (χ1) is 14.9. The predicted molar refractivity (Wildman–Crippen MR) is 126 cm³/mol. The molecule has 164 valence electrons. The van der Waals surface area contributed by atoms with Crippen molar-refractivity contribution in [3.05, 3.63) is 63.9 Å². The number of nitrogen functional groups attached to an aromatic ring is 1. The molecule has 6 nitrogen and oxygen atoms in total. The van der Waals surface area contributed by atoms with Crippen LogP contribution in [0.2, 0.25) is 0 Å². The molecule has 0 aliphatic rings. The molecule has 1 aromatic heterocycles. The smallest absolute Gasteiger partial charge is 0.340 e. The van der Waals surface area contributed by atoms with Crippen molar-refractivity contribution in [2.24, 2.45) is 0 Å². The zero-order valence-electron chi connectivity index (χ0n) is 18.2. The molecular weight excluding hydrogens is 460 g/mol. The van der Waals surface area contributed by atoms with Gasteiger partial charge >= 0.3 is 5.97 Å². The number of anilines is 1. The second-order valence-corrected chi connectivity index (χ2v) is 7.95. The largest absolute Gasteiger partial charge is 0.493 e. The molecule has 0 amide bonds. The van der Waals surface area contributed by atoms with Crippen LogP contribution in [0.5, 0.6) is 11.5 Å². The van der Waals surface area contributed by atoms with Gasteiger partial charge < -0.3 is 24.5 Å². The predicted octanol–water partition coefficient (Wildman–Crippen LogP) is 5.24. The molecule has 1 heterocycles. The Kier molecular flexibility index (Phi) is 7.28. The summed E-state index contributed by atoms with van der Waals surface area (Å²) < 4.78 is 19.1. The summed E-state index contributed by atoms with van der Waals surface area (Å²) in [5.74, 6) is 1.01. The highest BCUT2D eigenvalue weighted by Gasteiger charge is 2.21. The number of carbonyl (C=O) groups excluding carboxylic acids is 1. The molecule has 3 rings (SSSR count). The number of benzene rings is 2. The maximum Gasteiger partial charge on any atom is 0.340 e. The Bertz CT molecular complexity index is 1090. The Hall–Kier alpha value is -2.93. The lowest BCUT2D eigenvalue weighted by molar-refractivity contribution is 0.0527. The molecule has 0 atom stereocenters. The second kappa shape index (κ2) is 9.92. The monoisotopic (exact) mass is 486 g/mol. The van der Waals surface area contributed by atoms with Crippen molar-refractivity contribution in [2.45, 2.75) is 26.8 Å². The van der Waals surface area contributed by atoms with E-state index in [4.69, 9.17) is 19.9 Å². The van der Waals surface area contributed by atoms with E-state index in [9.17, 15) is 4.79 Å². The van der Waals surface area contributed by atoms with Gasteiger partial charge in [0.05, 0.1) is 26.4 Å². The fourth-order valence-corrected chi connectivity index (χ4v) is 4.16. The van der Waals surface area contributed by atoms with Crippen LogP contribution in [-0.2, 0) is 17.7 Å². The van der Waals surface area contributed by atoms with Crippen LogP contribution in [0.1, 0.15) is 28.5 Å². The van der Waals surface area contributed by atoms with E-state index in [2.05, 4.69) is 20.5 Å². The van der Waals surface area contributed by atoms with Crippen molar-refractivity contribution in [3.63, 3.8) is 0 Å². The topological polar surface area (TPSA) is 75.7 Å². The molecule has 0 aliphatic carbocycles. The van der Waals surface area contributed by atoms with Crippen molar-refractivity contribution in [1.29, 1.82) is 0 Å². The fraction of sp³-hybridized carbons (Fsp3) is 0.292. The van der Waals surface area contributed by atoms with Crippen molar-refractivity contribution in [3.8, 4) is 22.6 Å². The van der Waals surface area contributed by atoms with E-state index < -0.39 is 0 Å². The van der Waals surface area contributed by atoms with Gasteiger partial charge in [-0.1, -0.05) is 28.1 Å². The van der Waals surface area contributed by atoms with Crippen molar-refractivity contribution in [1.82, 2.24) is 4.57 Å². The average molecular weight is 487 g/mol. The summed E-state index contributed by atoms with van der Waals surface area (Å²) in [5, 5.41) is 0. The van der Waals surface area contributed by atoms with Crippen LogP contribution in [0.15, 0.2) is 47.1 Å². The number of aryl methyl sites for hydroxylation is 2. The molecule has 0 aliphatic heterocycles. The van der Waals surface area contributed by atoms with Gasteiger partial charge in [0.2, 0.25) is 0 Å². The summed E-state index contributed by atoms with van der Waals surface area (Å²) in [7, 11) is 3.23. The summed E-state index contributed by atoms with van der Waals surface area (Å²) >= 11 is 3.62. The number of halogens is 1. The molecule has 3 aromatic rings. The van der Waals surface area contributed by atoms with Gasteiger partial charge in [0.25, 0.3) is 0 Å². The molecule has 31 heavy (non-hydrogen) atoms. The van der Waals surface area contributed by atoms with E-state index in [1.54, 1.807) is 21.1 Å². The number of hydrogen-bond acceptors (Lipinski definition) is 5. The molecular formula is C24H27BrN2O4. The van der Waals surface area contributed by atoms with E-state index in [1.807, 2.05) is 49.5 Å². The van der Waals surface area contributed by atoms with Gasteiger partial charge in [0, 0.05) is 34.2 Å². The lowest BCUT2D eigenvalue weighted by atomic mass is 10.0.